The second-order valence-corrected chi connectivity index (χ2v) is 48.0. The maximum Gasteiger partial charge on any atom is 0.189 e. The summed E-state index contributed by atoms with van der Waals surface area (Å²) in [5.41, 5.74) is 6.95. The molecule has 127 heavy (non-hydrogen) atoms. The van der Waals surface area contributed by atoms with Crippen LogP contribution in [0.1, 0.15) is 591 Å². The molecule has 0 aliphatic rings. The van der Waals surface area contributed by atoms with Crippen LogP contribution in [0.4, 0.5) is 0 Å². The minimum Gasteiger partial charge on any atom is -0.508 e. The predicted octanol–water partition coefficient (Wildman–Crippen LogP) is 40.3. The van der Waals surface area contributed by atoms with Crippen LogP contribution in [0.2, 0.25) is 0 Å². The van der Waals surface area contributed by atoms with Crippen molar-refractivity contribution < 1.29 is 42.5 Å². The summed E-state index contributed by atoms with van der Waals surface area (Å²) < 4.78 is 51.0. The van der Waals surface area contributed by atoms with Gasteiger partial charge in [-0.05, 0) is 156 Å². The van der Waals surface area contributed by atoms with Gasteiger partial charge in [-0.3, -0.25) is 0 Å². The average molecular weight is 1830 g/mol. The third kappa shape index (κ3) is 47.6. The van der Waals surface area contributed by atoms with E-state index in [4.69, 9.17) is 27.1 Å². The molecule has 0 bridgehead atoms. The quantitative estimate of drug-likeness (QED) is 0.0375. The Labute approximate surface area is 793 Å². The van der Waals surface area contributed by atoms with Crippen molar-refractivity contribution in [3.8, 4) is 17.2 Å². The molecule has 0 fully saturated rings. The Bertz CT molecular complexity index is 2880. The molecule has 3 rings (SSSR count). The third-order valence-electron chi connectivity index (χ3n) is 27.4. The fourth-order valence-corrected chi connectivity index (χ4v) is 28.0. The molecule has 12 heteroatoms. The molecule has 3 aromatic rings. The fraction of sp³-hybridized carbons (Fsp3) is 0.843. The third-order valence-corrected chi connectivity index (χ3v) is 35.2. The molecule has 0 aromatic heterocycles. The van der Waals surface area contributed by atoms with Gasteiger partial charge in [0, 0.05) is 5.92 Å². The summed E-state index contributed by atoms with van der Waals surface area (Å²) in [6.07, 6.45) is 80.6. The summed E-state index contributed by atoms with van der Waals surface area (Å²) in [6.45, 7) is 46.2. The lowest BCUT2D eigenvalue weighted by molar-refractivity contribution is 0.178. The number of hydrogen-bond acceptors (Lipinski definition) is 9. The predicted molar refractivity (Wildman–Crippen MR) is 562 cm³/mol. The summed E-state index contributed by atoms with van der Waals surface area (Å²) >= 11 is 0. The molecule has 0 spiro atoms. The zero-order chi connectivity index (χ0) is 93.1. The van der Waals surface area contributed by atoms with Crippen LogP contribution in [0.3, 0.4) is 0 Å². The van der Waals surface area contributed by atoms with E-state index in [2.05, 4.69) is 168 Å². The minimum absolute atomic E-state index is 0.266. The van der Waals surface area contributed by atoms with Gasteiger partial charge in [0.15, 0.2) is 25.1 Å². The van der Waals surface area contributed by atoms with Crippen LogP contribution in [-0.2, 0) is 48.5 Å². The number of rotatable bonds is 86. The molecule has 0 radical (unpaired) electrons. The normalized spacial score (nSPS) is 12.9. The van der Waals surface area contributed by atoms with E-state index in [-0.39, 0.29) is 11.5 Å². The van der Waals surface area contributed by atoms with Gasteiger partial charge in [-0.2, -0.15) is 0 Å². The molecular weight excluding hydrogens is 1620 g/mol. The molecule has 0 aliphatic heterocycles. The van der Waals surface area contributed by atoms with E-state index >= 15 is 0 Å². The van der Waals surface area contributed by atoms with Gasteiger partial charge in [0.2, 0.25) is 0 Å². The van der Waals surface area contributed by atoms with Crippen LogP contribution < -0.4 is 0 Å². The van der Waals surface area contributed by atoms with Crippen LogP contribution in [0.5, 0.6) is 17.2 Å². The van der Waals surface area contributed by atoms with Crippen molar-refractivity contribution in [3.05, 3.63) is 86.5 Å². The molecule has 0 saturated heterocycles. The van der Waals surface area contributed by atoms with E-state index in [1.807, 2.05) is 0 Å². The van der Waals surface area contributed by atoms with Gasteiger partial charge in [0.25, 0.3) is 0 Å². The number of aromatic hydroxyl groups is 3. The number of benzene rings is 3. The summed E-state index contributed by atoms with van der Waals surface area (Å²) in [4.78, 5) is -1.40. The highest BCUT2D eigenvalue weighted by Crippen LogP contribution is 2.87. The van der Waals surface area contributed by atoms with Crippen LogP contribution in [0.15, 0.2) is 36.4 Å². The summed E-state index contributed by atoms with van der Waals surface area (Å²) in [5, 5.41) is 37.5. The molecular formula is C115H211O9P3. The molecule has 0 aliphatic carbocycles. The number of unbranched alkanes of at least 4 members (excludes halogenated alkanes) is 60. The molecule has 740 valence electrons. The molecule has 3 N–H and O–H groups in total. The number of phenolic OH excluding ortho intramolecular Hbond substituents is 3. The van der Waals surface area contributed by atoms with Crippen LogP contribution in [0, 0.1) is 20.8 Å². The van der Waals surface area contributed by atoms with E-state index in [1.54, 1.807) is 0 Å². The lowest BCUT2D eigenvalue weighted by Gasteiger charge is -2.60. The van der Waals surface area contributed by atoms with Crippen molar-refractivity contribution in [1.29, 1.82) is 0 Å². The smallest absolute Gasteiger partial charge is 0.189 e. The molecule has 0 heterocycles. The fourth-order valence-electron chi connectivity index (χ4n) is 19.4. The van der Waals surface area contributed by atoms with Crippen molar-refractivity contribution in [2.45, 2.75) is 588 Å². The number of phenols is 3. The van der Waals surface area contributed by atoms with E-state index < -0.39 is 57.3 Å². The van der Waals surface area contributed by atoms with E-state index in [0.29, 0.717) is 45.4 Å². The Hall–Kier alpha value is -1.89. The van der Waals surface area contributed by atoms with Crippen molar-refractivity contribution in [2.75, 3.05) is 39.6 Å². The Morgan fingerprint density at radius 1 is 0.220 bits per heavy atom. The van der Waals surface area contributed by atoms with Gasteiger partial charge in [-0.1, -0.05) is 502 Å². The van der Waals surface area contributed by atoms with Crippen molar-refractivity contribution in [1.82, 2.24) is 0 Å². The first-order chi connectivity index (χ1) is 61.3. The SMILES string of the molecule is CCCCCCCCCCCCCOP(OCCCCCCCCCCCCC)C(c1cc(C(C)(C)C)c(O)cc1C)(c1cc(C(C)(C)C)c(O)cc1C)C(C(C)c1cc(C(C)(C)C)c(O)cc1C)(P(OCCCCCCCCCCCCC)OCCCCCCCCCCCCC)P(OCCCCCCCCCCCCC)OCCCCCCCCCCCCC. The summed E-state index contributed by atoms with van der Waals surface area (Å²) in [5.74, 6) is 0.294. The first-order valence-electron chi connectivity index (χ1n) is 55.0. The van der Waals surface area contributed by atoms with Crippen LogP contribution in [-0.4, -0.2) is 59.9 Å². The van der Waals surface area contributed by atoms with Gasteiger partial charge in [-0.15, -0.1) is 0 Å². The summed E-state index contributed by atoms with van der Waals surface area (Å²) in [6, 6.07) is 13.4. The Kier molecular flexibility index (Phi) is 68.9. The van der Waals surface area contributed by atoms with E-state index in [1.165, 1.54) is 308 Å². The molecule has 1 unspecified atom stereocenters. The molecule has 9 nitrogen and oxygen atoms in total. The minimum atomic E-state index is -2.25. The van der Waals surface area contributed by atoms with Gasteiger partial charge in [0.05, 0.1) is 39.6 Å². The molecule has 1 atom stereocenters. The number of hydrogen-bond donors (Lipinski definition) is 3. The van der Waals surface area contributed by atoms with Gasteiger partial charge in [-0.25, -0.2) is 0 Å². The first-order valence-corrected chi connectivity index (χ1v) is 58.6. The largest absolute Gasteiger partial charge is 0.508 e. The van der Waals surface area contributed by atoms with Crippen LogP contribution in [0.25, 0.3) is 0 Å². The molecule has 3 aromatic carbocycles. The Morgan fingerprint density at radius 2 is 0.386 bits per heavy atom. The lowest BCUT2D eigenvalue weighted by Crippen LogP contribution is -2.54. The zero-order valence-electron chi connectivity index (χ0n) is 87.6. The maximum absolute atomic E-state index is 13.1. The van der Waals surface area contributed by atoms with Crippen molar-refractivity contribution in [3.63, 3.8) is 0 Å². The molecule has 0 amide bonds. The number of aryl methyl sites for hydroxylation is 3. The zero-order valence-corrected chi connectivity index (χ0v) is 90.3. The van der Waals surface area contributed by atoms with E-state index in [0.717, 1.165) is 166 Å². The second-order valence-electron chi connectivity index (χ2n) is 42.5. The van der Waals surface area contributed by atoms with Crippen molar-refractivity contribution in [2.24, 2.45) is 0 Å². The van der Waals surface area contributed by atoms with Crippen LogP contribution >= 0.6 is 25.1 Å². The van der Waals surface area contributed by atoms with E-state index in [9.17, 15) is 15.3 Å². The first kappa shape index (κ1) is 119. The highest BCUT2D eigenvalue weighted by Gasteiger charge is 2.74. The van der Waals surface area contributed by atoms with Crippen molar-refractivity contribution >= 4 is 25.1 Å². The maximum atomic E-state index is 13.1. The topological polar surface area (TPSA) is 116 Å². The Morgan fingerprint density at radius 3 is 0.575 bits per heavy atom. The second kappa shape index (κ2) is 73.4. The van der Waals surface area contributed by atoms with Gasteiger partial charge >= 0.3 is 0 Å². The highest BCUT2D eigenvalue weighted by molar-refractivity contribution is 7.70. The molecule has 0 saturated carbocycles. The summed E-state index contributed by atoms with van der Waals surface area (Å²) in [7, 11) is -6.71. The standard InChI is InChI=1S/C115H211O9P3/c1-20-26-32-38-44-50-56-62-68-74-80-86-119-125(120-87-81-75-69-63-57-51-45-39-33-27-21-2)114(103-96-106(112(14,15)16)109(117)93-99(103)8,104-97-107(113(17,18)19)110(118)94-100(104)9)115(101(10)102-95-105(111(11,12)13)108(116)92-98(102)7,126(121-88-82-76-70-64-58-52-46-40-34-28-22-3)122-89-83-77-71-65-59-53-47-41-35-29-23-4)127(123-90-84-78-72-66-60-54-48-42-36-30-24-5)124-91-85-79-73-67-61-55-49-43-37-31-25-6/h92-97,101,116-118H,20-91H2,1-19H3. The average Bonchev–Trinajstić information content (AvgIpc) is 0.673. The monoisotopic (exact) mass is 1830 g/mol. The van der Waals surface area contributed by atoms with Gasteiger partial charge in [0.1, 0.15) is 27.3 Å². The highest BCUT2D eigenvalue weighted by atomic mass is 31.2. The van der Waals surface area contributed by atoms with Gasteiger partial charge < -0.3 is 42.5 Å². The lowest BCUT2D eigenvalue weighted by atomic mass is 9.72. The Balaban J connectivity index is 2.95.